The van der Waals surface area contributed by atoms with E-state index < -0.39 is 0 Å². The highest BCUT2D eigenvalue weighted by molar-refractivity contribution is 7.15. The SMILES string of the molecule is Cc1ccnc(OCC[C@H]2CO[C@H]3CN(c4nnc(C)s4)C[C@@H]23)n1. The van der Waals surface area contributed by atoms with Gasteiger partial charge < -0.3 is 14.4 Å². The molecule has 0 spiro atoms. The minimum Gasteiger partial charge on any atom is -0.463 e. The lowest BCUT2D eigenvalue weighted by Gasteiger charge is -2.18. The molecular weight excluding hydrogens is 326 g/mol. The fraction of sp³-hybridized carbons (Fsp3) is 0.625. The Morgan fingerprint density at radius 2 is 2.25 bits per heavy atom. The van der Waals surface area contributed by atoms with E-state index in [0.717, 1.165) is 42.0 Å². The van der Waals surface area contributed by atoms with Crippen molar-refractivity contribution in [2.75, 3.05) is 31.2 Å². The van der Waals surface area contributed by atoms with E-state index in [2.05, 4.69) is 25.1 Å². The second kappa shape index (κ2) is 6.60. The highest BCUT2D eigenvalue weighted by Gasteiger charge is 2.44. The van der Waals surface area contributed by atoms with Crippen LogP contribution < -0.4 is 9.64 Å². The average molecular weight is 347 g/mol. The van der Waals surface area contributed by atoms with Crippen LogP contribution in [0.2, 0.25) is 0 Å². The van der Waals surface area contributed by atoms with Crippen molar-refractivity contribution < 1.29 is 9.47 Å². The van der Waals surface area contributed by atoms with Crippen LogP contribution in [-0.4, -0.2) is 52.6 Å². The van der Waals surface area contributed by atoms with Gasteiger partial charge >= 0.3 is 6.01 Å². The summed E-state index contributed by atoms with van der Waals surface area (Å²) >= 11 is 1.65. The maximum absolute atomic E-state index is 6.00. The fourth-order valence-corrected chi connectivity index (χ4v) is 4.17. The fourth-order valence-electron chi connectivity index (χ4n) is 3.46. The van der Waals surface area contributed by atoms with Gasteiger partial charge in [0, 0.05) is 30.9 Å². The summed E-state index contributed by atoms with van der Waals surface area (Å²) in [5, 5.41) is 10.4. The summed E-state index contributed by atoms with van der Waals surface area (Å²) < 4.78 is 11.7. The van der Waals surface area contributed by atoms with Gasteiger partial charge in [0.25, 0.3) is 0 Å². The number of anilines is 1. The Hall–Kier alpha value is -1.80. The number of aryl methyl sites for hydroxylation is 2. The lowest BCUT2D eigenvalue weighted by Crippen LogP contribution is -2.24. The monoisotopic (exact) mass is 347 g/mol. The molecule has 0 amide bonds. The lowest BCUT2D eigenvalue weighted by atomic mass is 9.91. The standard InChI is InChI=1S/C16H21N5O2S/c1-10-3-5-17-15(18-10)22-6-4-12-9-23-14-8-21(7-13(12)14)16-20-19-11(2)24-16/h3,5,12-14H,4,6-9H2,1-2H3/t12-,13-,14-/m0/s1. The summed E-state index contributed by atoms with van der Waals surface area (Å²) in [4.78, 5) is 10.7. The molecule has 24 heavy (non-hydrogen) atoms. The molecule has 8 heteroatoms. The molecular formula is C16H21N5O2S. The second-order valence-corrected chi connectivity index (χ2v) is 7.58. The Morgan fingerprint density at radius 1 is 1.33 bits per heavy atom. The molecule has 2 aliphatic rings. The van der Waals surface area contributed by atoms with Crippen LogP contribution in [0.3, 0.4) is 0 Å². The number of ether oxygens (including phenoxy) is 2. The number of hydrogen-bond acceptors (Lipinski definition) is 8. The molecule has 0 aliphatic carbocycles. The minimum atomic E-state index is 0.300. The van der Waals surface area contributed by atoms with Crippen LogP contribution in [0, 0.1) is 25.7 Å². The van der Waals surface area contributed by atoms with Crippen molar-refractivity contribution in [3.05, 3.63) is 23.0 Å². The highest BCUT2D eigenvalue weighted by atomic mass is 32.1. The van der Waals surface area contributed by atoms with Gasteiger partial charge in [-0.2, -0.15) is 0 Å². The lowest BCUT2D eigenvalue weighted by molar-refractivity contribution is 0.110. The Morgan fingerprint density at radius 3 is 3.04 bits per heavy atom. The van der Waals surface area contributed by atoms with Crippen molar-refractivity contribution in [1.82, 2.24) is 20.2 Å². The predicted molar refractivity (Wildman–Crippen MR) is 90.5 cm³/mol. The van der Waals surface area contributed by atoms with Gasteiger partial charge in [0.15, 0.2) is 0 Å². The Labute approximate surface area is 145 Å². The molecule has 0 saturated carbocycles. The largest absolute Gasteiger partial charge is 0.463 e. The van der Waals surface area contributed by atoms with Crippen molar-refractivity contribution in [3.8, 4) is 6.01 Å². The Bertz CT molecular complexity index is 709. The summed E-state index contributed by atoms with van der Waals surface area (Å²) in [5.74, 6) is 1.05. The molecule has 2 aromatic heterocycles. The molecule has 2 saturated heterocycles. The zero-order chi connectivity index (χ0) is 16.5. The van der Waals surface area contributed by atoms with Crippen LogP contribution in [0.15, 0.2) is 12.3 Å². The van der Waals surface area contributed by atoms with Crippen molar-refractivity contribution in [3.63, 3.8) is 0 Å². The average Bonchev–Trinajstić information content (AvgIpc) is 3.24. The minimum absolute atomic E-state index is 0.300. The van der Waals surface area contributed by atoms with E-state index in [9.17, 15) is 0 Å². The van der Waals surface area contributed by atoms with E-state index in [-0.39, 0.29) is 0 Å². The third-order valence-corrected chi connectivity index (χ3v) is 5.62. The molecule has 0 unspecified atom stereocenters. The van der Waals surface area contributed by atoms with Gasteiger partial charge in [-0.3, -0.25) is 0 Å². The zero-order valence-electron chi connectivity index (χ0n) is 13.9. The predicted octanol–water partition coefficient (Wildman–Crippen LogP) is 1.87. The van der Waals surface area contributed by atoms with Crippen LogP contribution in [-0.2, 0) is 4.74 Å². The Balaban J connectivity index is 1.31. The summed E-state index contributed by atoms with van der Waals surface area (Å²) in [6, 6.07) is 2.33. The van der Waals surface area contributed by atoms with E-state index in [1.54, 1.807) is 17.5 Å². The molecule has 3 atom stereocenters. The van der Waals surface area contributed by atoms with Crippen molar-refractivity contribution in [1.29, 1.82) is 0 Å². The molecule has 4 rings (SSSR count). The van der Waals surface area contributed by atoms with E-state index in [1.165, 1.54) is 0 Å². The van der Waals surface area contributed by atoms with Gasteiger partial charge in [-0.1, -0.05) is 11.3 Å². The van der Waals surface area contributed by atoms with Crippen molar-refractivity contribution >= 4 is 16.5 Å². The molecule has 7 nitrogen and oxygen atoms in total. The van der Waals surface area contributed by atoms with Crippen LogP contribution in [0.4, 0.5) is 5.13 Å². The van der Waals surface area contributed by atoms with E-state index >= 15 is 0 Å². The molecule has 0 N–H and O–H groups in total. The Kier molecular flexibility index (Phi) is 4.32. The first-order chi connectivity index (χ1) is 11.7. The third kappa shape index (κ3) is 3.21. The van der Waals surface area contributed by atoms with Gasteiger partial charge in [0.05, 0.1) is 19.3 Å². The molecule has 0 aromatic carbocycles. The first kappa shape index (κ1) is 15.7. The van der Waals surface area contributed by atoms with Crippen molar-refractivity contribution in [2.24, 2.45) is 11.8 Å². The first-order valence-electron chi connectivity index (χ1n) is 8.28. The summed E-state index contributed by atoms with van der Waals surface area (Å²) in [5.41, 5.74) is 0.919. The maximum atomic E-state index is 6.00. The molecule has 2 aliphatic heterocycles. The number of aromatic nitrogens is 4. The first-order valence-corrected chi connectivity index (χ1v) is 9.10. The van der Waals surface area contributed by atoms with Crippen LogP contribution in [0.1, 0.15) is 17.1 Å². The molecule has 2 fully saturated rings. The molecule has 0 radical (unpaired) electrons. The molecule has 0 bridgehead atoms. The van der Waals surface area contributed by atoms with Crippen LogP contribution >= 0.6 is 11.3 Å². The topological polar surface area (TPSA) is 73.3 Å². The van der Waals surface area contributed by atoms with E-state index in [0.29, 0.717) is 30.6 Å². The van der Waals surface area contributed by atoms with Gasteiger partial charge in [-0.05, 0) is 32.3 Å². The number of hydrogen-bond donors (Lipinski definition) is 0. The zero-order valence-corrected chi connectivity index (χ0v) is 14.7. The summed E-state index contributed by atoms with van der Waals surface area (Å²) in [7, 11) is 0. The quantitative estimate of drug-likeness (QED) is 0.817. The molecule has 4 heterocycles. The van der Waals surface area contributed by atoms with Gasteiger partial charge in [-0.25, -0.2) is 9.97 Å². The smallest absolute Gasteiger partial charge is 0.316 e. The normalized spacial score (nSPS) is 25.9. The van der Waals surface area contributed by atoms with E-state index in [4.69, 9.17) is 9.47 Å². The summed E-state index contributed by atoms with van der Waals surface area (Å²) in [6.45, 7) is 7.27. The van der Waals surface area contributed by atoms with Crippen LogP contribution in [0.5, 0.6) is 6.01 Å². The number of fused-ring (bicyclic) bond motifs is 1. The third-order valence-electron chi connectivity index (χ3n) is 4.72. The summed E-state index contributed by atoms with van der Waals surface area (Å²) in [6.07, 6.45) is 2.99. The maximum Gasteiger partial charge on any atom is 0.316 e. The number of nitrogens with zero attached hydrogens (tertiary/aromatic N) is 5. The van der Waals surface area contributed by atoms with Crippen LogP contribution in [0.25, 0.3) is 0 Å². The van der Waals surface area contributed by atoms with Gasteiger partial charge in [0.1, 0.15) is 5.01 Å². The molecule has 2 aromatic rings. The highest BCUT2D eigenvalue weighted by Crippen LogP contribution is 2.38. The molecule has 128 valence electrons. The van der Waals surface area contributed by atoms with Gasteiger partial charge in [0.2, 0.25) is 5.13 Å². The van der Waals surface area contributed by atoms with Crippen molar-refractivity contribution in [2.45, 2.75) is 26.4 Å². The number of rotatable bonds is 5. The second-order valence-electron chi connectivity index (χ2n) is 6.42. The van der Waals surface area contributed by atoms with E-state index in [1.807, 2.05) is 19.9 Å². The van der Waals surface area contributed by atoms with Gasteiger partial charge in [-0.15, -0.1) is 10.2 Å².